The summed E-state index contributed by atoms with van der Waals surface area (Å²) in [6.07, 6.45) is 0.539. The summed E-state index contributed by atoms with van der Waals surface area (Å²) >= 11 is 0. The maximum Gasteiger partial charge on any atom is 0.407 e. The Morgan fingerprint density at radius 3 is 3.00 bits per heavy atom. The minimum Gasteiger partial charge on any atom is -0.465 e. The predicted molar refractivity (Wildman–Crippen MR) is 45.4 cm³/mol. The quantitative estimate of drug-likeness (QED) is 0.679. The van der Waals surface area contributed by atoms with E-state index >= 15 is 0 Å². The molecule has 2 heterocycles. The van der Waals surface area contributed by atoms with Crippen molar-refractivity contribution < 1.29 is 14.3 Å². The predicted octanol–water partition coefficient (Wildman–Crippen LogP) is 0.467. The van der Waals surface area contributed by atoms with Crippen LogP contribution in [0.5, 0.6) is 0 Å². The maximum absolute atomic E-state index is 10.8. The Balaban J connectivity index is 2.21. The largest absolute Gasteiger partial charge is 0.465 e. The molecule has 2 rings (SSSR count). The van der Waals surface area contributed by atoms with Gasteiger partial charge in [0.05, 0.1) is 0 Å². The average molecular weight is 198 g/mol. The number of nitrogen functional groups attached to an aromatic ring is 1. The Kier molecular flexibility index (Phi) is 1.99. The number of carbonyl (C=O) groups is 1. The van der Waals surface area contributed by atoms with Crippen LogP contribution in [0.15, 0.2) is 4.42 Å². The molecule has 7 heteroatoms. The minimum absolute atomic E-state index is 0.0303. The molecule has 1 aliphatic rings. The molecule has 1 aromatic heterocycles. The molecule has 0 bridgehead atoms. The molecule has 76 valence electrons. The van der Waals surface area contributed by atoms with Crippen LogP contribution in [-0.2, 0) is 0 Å². The number of anilines is 1. The van der Waals surface area contributed by atoms with E-state index in [1.807, 2.05) is 0 Å². The van der Waals surface area contributed by atoms with E-state index in [0.717, 1.165) is 6.42 Å². The fourth-order valence-corrected chi connectivity index (χ4v) is 1.63. The minimum atomic E-state index is -0.968. The molecule has 1 fully saturated rings. The van der Waals surface area contributed by atoms with E-state index in [1.54, 1.807) is 0 Å². The Morgan fingerprint density at radius 2 is 2.43 bits per heavy atom. The first-order chi connectivity index (χ1) is 6.68. The van der Waals surface area contributed by atoms with Crippen molar-refractivity contribution in [1.29, 1.82) is 0 Å². The SMILES string of the molecule is Nc1nnc([C@@H]2CCCN2C(=O)O)o1. The van der Waals surface area contributed by atoms with Crippen molar-refractivity contribution >= 4 is 12.1 Å². The highest BCUT2D eigenvalue weighted by molar-refractivity contribution is 5.65. The molecule has 0 aliphatic carbocycles. The lowest BCUT2D eigenvalue weighted by molar-refractivity contribution is 0.134. The van der Waals surface area contributed by atoms with Gasteiger partial charge in [-0.05, 0) is 12.8 Å². The average Bonchev–Trinajstić information content (AvgIpc) is 2.70. The molecule has 1 amide bonds. The lowest BCUT2D eigenvalue weighted by Crippen LogP contribution is -2.28. The fraction of sp³-hybridized carbons (Fsp3) is 0.571. The van der Waals surface area contributed by atoms with Gasteiger partial charge >= 0.3 is 12.1 Å². The summed E-state index contributed by atoms with van der Waals surface area (Å²) in [6, 6.07) is -0.366. The van der Waals surface area contributed by atoms with Gasteiger partial charge in [-0.2, -0.15) is 0 Å². The van der Waals surface area contributed by atoms with Crippen LogP contribution in [0.25, 0.3) is 0 Å². The molecule has 1 aromatic rings. The summed E-state index contributed by atoms with van der Waals surface area (Å²) in [5.41, 5.74) is 5.26. The van der Waals surface area contributed by atoms with E-state index in [0.29, 0.717) is 13.0 Å². The highest BCUT2D eigenvalue weighted by Gasteiger charge is 2.33. The van der Waals surface area contributed by atoms with Gasteiger partial charge in [0.1, 0.15) is 6.04 Å². The van der Waals surface area contributed by atoms with E-state index in [9.17, 15) is 4.79 Å². The van der Waals surface area contributed by atoms with Crippen molar-refractivity contribution in [2.24, 2.45) is 0 Å². The van der Waals surface area contributed by atoms with Crippen molar-refractivity contribution in [3.05, 3.63) is 5.89 Å². The summed E-state index contributed by atoms with van der Waals surface area (Å²) < 4.78 is 5.00. The van der Waals surface area contributed by atoms with E-state index in [1.165, 1.54) is 4.90 Å². The first-order valence-corrected chi connectivity index (χ1v) is 4.27. The van der Waals surface area contributed by atoms with Crippen molar-refractivity contribution in [1.82, 2.24) is 15.1 Å². The Hall–Kier alpha value is -1.79. The Morgan fingerprint density at radius 1 is 1.64 bits per heavy atom. The monoisotopic (exact) mass is 198 g/mol. The van der Waals surface area contributed by atoms with E-state index < -0.39 is 6.09 Å². The smallest absolute Gasteiger partial charge is 0.407 e. The number of amides is 1. The Labute approximate surface area is 79.5 Å². The summed E-state index contributed by atoms with van der Waals surface area (Å²) in [5.74, 6) is 0.280. The molecule has 1 atom stereocenters. The van der Waals surface area contributed by atoms with Crippen molar-refractivity contribution in [3.8, 4) is 0 Å². The van der Waals surface area contributed by atoms with Gasteiger partial charge in [-0.3, -0.25) is 4.90 Å². The number of nitrogens with zero attached hydrogens (tertiary/aromatic N) is 3. The highest BCUT2D eigenvalue weighted by Crippen LogP contribution is 2.30. The lowest BCUT2D eigenvalue weighted by atomic mass is 10.2. The zero-order valence-corrected chi connectivity index (χ0v) is 7.38. The molecule has 0 aromatic carbocycles. The normalized spacial score (nSPS) is 21.4. The fourth-order valence-electron chi connectivity index (χ4n) is 1.63. The zero-order chi connectivity index (χ0) is 10.1. The number of hydrogen-bond acceptors (Lipinski definition) is 5. The molecule has 1 aliphatic heterocycles. The van der Waals surface area contributed by atoms with Crippen LogP contribution in [0, 0.1) is 0 Å². The van der Waals surface area contributed by atoms with Gasteiger partial charge in [0.2, 0.25) is 5.89 Å². The standard InChI is InChI=1S/C7H10N4O3/c8-6-10-9-5(14-6)4-2-1-3-11(4)7(12)13/h4H,1-3H2,(H2,8,10)(H,12,13)/t4-/m0/s1. The van der Waals surface area contributed by atoms with Crippen molar-refractivity contribution in [2.45, 2.75) is 18.9 Å². The van der Waals surface area contributed by atoms with Crippen LogP contribution in [0.4, 0.5) is 10.8 Å². The van der Waals surface area contributed by atoms with E-state index in [2.05, 4.69) is 10.2 Å². The third-order valence-corrected chi connectivity index (χ3v) is 2.24. The third kappa shape index (κ3) is 1.36. The number of nitrogens with two attached hydrogens (primary N) is 1. The van der Waals surface area contributed by atoms with Gasteiger partial charge in [-0.15, -0.1) is 5.10 Å². The number of rotatable bonds is 1. The molecule has 0 saturated carbocycles. The van der Waals surface area contributed by atoms with Crippen LogP contribution in [0.1, 0.15) is 24.8 Å². The molecular formula is C7H10N4O3. The molecule has 0 radical (unpaired) electrons. The second-order valence-corrected chi connectivity index (χ2v) is 3.11. The lowest BCUT2D eigenvalue weighted by Gasteiger charge is -2.17. The van der Waals surface area contributed by atoms with Gasteiger partial charge in [-0.25, -0.2) is 4.79 Å². The van der Waals surface area contributed by atoms with Crippen LogP contribution < -0.4 is 5.73 Å². The molecular weight excluding hydrogens is 188 g/mol. The van der Waals surface area contributed by atoms with Crippen LogP contribution in [0.3, 0.4) is 0 Å². The molecule has 7 nitrogen and oxygen atoms in total. The second-order valence-electron chi connectivity index (χ2n) is 3.11. The van der Waals surface area contributed by atoms with Gasteiger partial charge in [0.15, 0.2) is 0 Å². The highest BCUT2D eigenvalue weighted by atomic mass is 16.4. The van der Waals surface area contributed by atoms with E-state index in [4.69, 9.17) is 15.3 Å². The molecule has 1 saturated heterocycles. The summed E-state index contributed by atoms with van der Waals surface area (Å²) in [7, 11) is 0. The van der Waals surface area contributed by atoms with Gasteiger partial charge in [0.25, 0.3) is 0 Å². The number of hydrogen-bond donors (Lipinski definition) is 2. The van der Waals surface area contributed by atoms with Gasteiger partial charge in [-0.1, -0.05) is 5.10 Å². The van der Waals surface area contributed by atoms with Crippen molar-refractivity contribution in [3.63, 3.8) is 0 Å². The third-order valence-electron chi connectivity index (χ3n) is 2.24. The van der Waals surface area contributed by atoms with Crippen LogP contribution in [-0.4, -0.2) is 32.8 Å². The first kappa shape index (κ1) is 8.79. The van der Waals surface area contributed by atoms with Crippen LogP contribution in [0.2, 0.25) is 0 Å². The zero-order valence-electron chi connectivity index (χ0n) is 7.38. The Bertz CT molecular complexity index is 350. The topological polar surface area (TPSA) is 105 Å². The van der Waals surface area contributed by atoms with Gasteiger partial charge in [0, 0.05) is 6.54 Å². The molecule has 3 N–H and O–H groups in total. The number of carboxylic acid groups (broad SMARTS) is 1. The molecule has 0 unspecified atom stereocenters. The van der Waals surface area contributed by atoms with Crippen LogP contribution >= 0.6 is 0 Å². The van der Waals surface area contributed by atoms with Crippen molar-refractivity contribution in [2.75, 3.05) is 12.3 Å². The number of aromatic nitrogens is 2. The second kappa shape index (κ2) is 3.17. The number of likely N-dealkylation sites (tertiary alicyclic amines) is 1. The summed E-state index contributed by atoms with van der Waals surface area (Å²) in [6.45, 7) is 0.502. The molecule has 14 heavy (non-hydrogen) atoms. The summed E-state index contributed by atoms with van der Waals surface area (Å²) in [4.78, 5) is 12.1. The van der Waals surface area contributed by atoms with Gasteiger partial charge < -0.3 is 15.3 Å². The summed E-state index contributed by atoms with van der Waals surface area (Å²) in [5, 5.41) is 16.0. The molecule has 0 spiro atoms. The maximum atomic E-state index is 10.8. The van der Waals surface area contributed by atoms with E-state index in [-0.39, 0.29) is 17.9 Å². The first-order valence-electron chi connectivity index (χ1n) is 4.27.